The molecule has 1 aliphatic rings. The number of aliphatic hydroxyl groups excluding tert-OH is 2. The zero-order valence-electron chi connectivity index (χ0n) is 18.7. The van der Waals surface area contributed by atoms with E-state index in [-0.39, 0.29) is 5.95 Å². The lowest BCUT2D eigenvalue weighted by atomic mass is 10.2. The minimum absolute atomic E-state index is 0.136. The molecule has 2 aromatic heterocycles. The molecular formula is C22H28N6O4S. The van der Waals surface area contributed by atoms with Crippen molar-refractivity contribution >= 4 is 34.0 Å². The van der Waals surface area contributed by atoms with Gasteiger partial charge in [0.1, 0.15) is 35.8 Å². The Labute approximate surface area is 195 Å². The summed E-state index contributed by atoms with van der Waals surface area (Å²) in [5.41, 5.74) is 2.04. The van der Waals surface area contributed by atoms with E-state index in [1.807, 2.05) is 35.2 Å². The first kappa shape index (κ1) is 23.4. The topological polar surface area (TPSA) is 131 Å². The number of anilines is 2. The van der Waals surface area contributed by atoms with Crippen LogP contribution in [0.2, 0.25) is 0 Å². The van der Waals surface area contributed by atoms with E-state index in [2.05, 4.69) is 19.9 Å². The molecule has 3 heterocycles. The van der Waals surface area contributed by atoms with Crippen molar-refractivity contribution in [3.8, 4) is 5.88 Å². The average Bonchev–Trinajstić information content (AvgIpc) is 2.80. The average molecular weight is 473 g/mol. The Balaban J connectivity index is 1.72. The standard InChI is InChI=1S/C22H28N6O4S/c1-15(29)28(16(2)30)22-25-19-18(20(26-22)27-9-12-33(31)13-10-27)23-14-24-21(19)32-11-8-17-6-4-3-5-7-17/h3-7,14-16,29-30H,8-13H2,1-2H3. The molecule has 0 bridgehead atoms. The van der Waals surface area contributed by atoms with Crippen LogP contribution in [0.1, 0.15) is 19.4 Å². The lowest BCUT2D eigenvalue weighted by Crippen LogP contribution is -2.43. The summed E-state index contributed by atoms with van der Waals surface area (Å²) in [6.45, 7) is 4.56. The highest BCUT2D eigenvalue weighted by atomic mass is 32.2. The third-order valence-electron chi connectivity index (χ3n) is 5.40. The van der Waals surface area contributed by atoms with E-state index >= 15 is 0 Å². The highest BCUT2D eigenvalue weighted by molar-refractivity contribution is 7.91. The maximum atomic E-state index is 11.9. The second-order valence-electron chi connectivity index (χ2n) is 7.81. The highest BCUT2D eigenvalue weighted by Crippen LogP contribution is 2.31. The molecule has 0 amide bonds. The first-order valence-electron chi connectivity index (χ1n) is 10.9. The summed E-state index contributed by atoms with van der Waals surface area (Å²) in [7, 11) is 0. The van der Waals surface area contributed by atoms with Crippen LogP contribution in [0.3, 0.4) is 0 Å². The molecule has 176 valence electrons. The minimum atomic E-state index is -1.03. The number of benzene rings is 1. The molecule has 1 saturated heterocycles. The summed E-state index contributed by atoms with van der Waals surface area (Å²) in [5, 5.41) is 20.5. The Morgan fingerprint density at radius 2 is 1.76 bits per heavy atom. The van der Waals surface area contributed by atoms with Crippen LogP contribution in [-0.4, -0.2) is 78.4 Å². The van der Waals surface area contributed by atoms with Crippen LogP contribution in [0.5, 0.6) is 5.88 Å². The van der Waals surface area contributed by atoms with E-state index in [4.69, 9.17) is 4.74 Å². The van der Waals surface area contributed by atoms with Crippen molar-refractivity contribution in [1.29, 1.82) is 0 Å². The molecule has 4 rings (SSSR count). The van der Waals surface area contributed by atoms with Gasteiger partial charge >= 0.3 is 0 Å². The number of fused-ring (bicyclic) bond motifs is 1. The van der Waals surface area contributed by atoms with Crippen molar-refractivity contribution in [2.45, 2.75) is 32.7 Å². The fourth-order valence-corrected chi connectivity index (χ4v) is 4.80. The highest BCUT2D eigenvalue weighted by Gasteiger charge is 2.28. The molecule has 33 heavy (non-hydrogen) atoms. The first-order chi connectivity index (χ1) is 15.9. The fraction of sp³-hybridized carbons (Fsp3) is 0.455. The van der Waals surface area contributed by atoms with Crippen molar-refractivity contribution in [2.24, 2.45) is 0 Å². The Hall–Kier alpha value is -2.73. The van der Waals surface area contributed by atoms with E-state index in [0.717, 1.165) is 5.56 Å². The van der Waals surface area contributed by atoms with E-state index in [1.165, 1.54) is 25.1 Å². The minimum Gasteiger partial charge on any atom is -0.616 e. The van der Waals surface area contributed by atoms with Crippen LogP contribution in [-0.2, 0) is 17.6 Å². The number of ether oxygens (including phenoxy) is 1. The van der Waals surface area contributed by atoms with Gasteiger partial charge in [0.2, 0.25) is 11.8 Å². The molecule has 3 aromatic rings. The summed E-state index contributed by atoms with van der Waals surface area (Å²) >= 11 is -0.857. The molecule has 2 unspecified atom stereocenters. The Bertz CT molecular complexity index is 1060. The monoisotopic (exact) mass is 472 g/mol. The van der Waals surface area contributed by atoms with E-state index in [1.54, 1.807) is 0 Å². The molecule has 1 aliphatic heterocycles. The Kier molecular flexibility index (Phi) is 7.43. The summed E-state index contributed by atoms with van der Waals surface area (Å²) in [6.07, 6.45) is 0.0471. The van der Waals surface area contributed by atoms with E-state index in [0.29, 0.717) is 60.4 Å². The molecule has 11 heteroatoms. The van der Waals surface area contributed by atoms with Gasteiger partial charge in [-0.25, -0.2) is 9.97 Å². The Morgan fingerprint density at radius 1 is 1.06 bits per heavy atom. The lowest BCUT2D eigenvalue weighted by Gasteiger charge is -2.32. The van der Waals surface area contributed by atoms with Gasteiger partial charge in [-0.1, -0.05) is 41.5 Å². The van der Waals surface area contributed by atoms with E-state index < -0.39 is 23.6 Å². The van der Waals surface area contributed by atoms with E-state index in [9.17, 15) is 14.8 Å². The lowest BCUT2D eigenvalue weighted by molar-refractivity contribution is 0.103. The predicted molar refractivity (Wildman–Crippen MR) is 127 cm³/mol. The largest absolute Gasteiger partial charge is 0.616 e. The van der Waals surface area contributed by atoms with Gasteiger partial charge in [0.25, 0.3) is 0 Å². The first-order valence-corrected chi connectivity index (χ1v) is 12.4. The van der Waals surface area contributed by atoms with Gasteiger partial charge in [-0.3, -0.25) is 4.90 Å². The molecule has 2 N–H and O–H groups in total. The zero-order valence-corrected chi connectivity index (χ0v) is 19.5. The predicted octanol–water partition coefficient (Wildman–Crippen LogP) is 1.09. The summed E-state index contributed by atoms with van der Waals surface area (Å²) in [5.74, 6) is 2.04. The van der Waals surface area contributed by atoms with Crippen molar-refractivity contribution in [3.05, 3.63) is 42.2 Å². The van der Waals surface area contributed by atoms with Crippen LogP contribution >= 0.6 is 0 Å². The van der Waals surface area contributed by atoms with Gasteiger partial charge in [0.15, 0.2) is 11.3 Å². The van der Waals surface area contributed by atoms with Crippen LogP contribution in [0, 0.1) is 0 Å². The number of aliphatic hydroxyl groups is 2. The summed E-state index contributed by atoms with van der Waals surface area (Å²) in [6, 6.07) is 9.99. The van der Waals surface area contributed by atoms with Gasteiger partial charge in [-0.15, -0.1) is 0 Å². The van der Waals surface area contributed by atoms with Crippen molar-refractivity contribution in [3.63, 3.8) is 0 Å². The second kappa shape index (κ2) is 10.5. The molecule has 0 spiro atoms. The number of nitrogens with zero attached hydrogens (tertiary/aromatic N) is 6. The quantitative estimate of drug-likeness (QED) is 0.363. The maximum absolute atomic E-state index is 11.9. The third kappa shape index (κ3) is 5.44. The van der Waals surface area contributed by atoms with Crippen molar-refractivity contribution in [1.82, 2.24) is 19.9 Å². The molecule has 1 aromatic carbocycles. The molecule has 10 nitrogen and oxygen atoms in total. The van der Waals surface area contributed by atoms with Gasteiger partial charge < -0.3 is 24.4 Å². The third-order valence-corrected chi connectivity index (χ3v) is 6.68. The number of hydrogen-bond donors (Lipinski definition) is 2. The number of rotatable bonds is 8. The molecule has 2 atom stereocenters. The van der Waals surface area contributed by atoms with Crippen LogP contribution < -0.4 is 14.5 Å². The molecule has 1 fully saturated rings. The summed E-state index contributed by atoms with van der Waals surface area (Å²) in [4.78, 5) is 21.2. The van der Waals surface area contributed by atoms with Gasteiger partial charge in [0, 0.05) is 6.42 Å². The normalized spacial score (nSPS) is 16.6. The van der Waals surface area contributed by atoms with Crippen molar-refractivity contribution < 1.29 is 19.5 Å². The SMILES string of the molecule is CC(O)N(c1nc(N2CC[S+]([O-])CC2)c2ncnc(OCCc3ccccc3)c2n1)C(C)O. The van der Waals surface area contributed by atoms with Crippen LogP contribution in [0.4, 0.5) is 11.8 Å². The number of aromatic nitrogens is 4. The van der Waals surface area contributed by atoms with Crippen molar-refractivity contribution in [2.75, 3.05) is 41.0 Å². The number of hydrogen-bond acceptors (Lipinski definition) is 10. The van der Waals surface area contributed by atoms with Crippen LogP contribution in [0.15, 0.2) is 36.7 Å². The van der Waals surface area contributed by atoms with Gasteiger partial charge in [0.05, 0.1) is 19.7 Å². The fourth-order valence-electron chi connectivity index (χ4n) is 3.75. The Morgan fingerprint density at radius 3 is 2.42 bits per heavy atom. The van der Waals surface area contributed by atoms with Gasteiger partial charge in [-0.2, -0.15) is 9.97 Å². The smallest absolute Gasteiger partial charge is 0.244 e. The van der Waals surface area contributed by atoms with Gasteiger partial charge in [-0.05, 0) is 19.4 Å². The summed E-state index contributed by atoms with van der Waals surface area (Å²) < 4.78 is 17.9. The maximum Gasteiger partial charge on any atom is 0.244 e. The van der Waals surface area contributed by atoms with Crippen LogP contribution in [0.25, 0.3) is 11.0 Å². The zero-order chi connectivity index (χ0) is 23.4. The molecule has 0 saturated carbocycles. The molecule has 0 radical (unpaired) electrons. The second-order valence-corrected chi connectivity index (χ2v) is 9.51. The molecular weight excluding hydrogens is 444 g/mol. The molecule has 0 aliphatic carbocycles.